The number of hydrogen-bond acceptors (Lipinski definition) is 8. The van der Waals surface area contributed by atoms with Crippen molar-refractivity contribution in [3.63, 3.8) is 0 Å². The number of carbonyl (C=O) groups is 2. The SMILES string of the molecule is CC(C)(C)OC(=O)N1CCC(c2cc3c(Oc4ccc(NC(=O)c5cccn(-c6ccc(F)cc6)c5=O)nc4)ccnc3cn2)C1. The highest BCUT2D eigenvalue weighted by atomic mass is 19.1. The average molecular weight is 623 g/mol. The van der Waals surface area contributed by atoms with Crippen molar-refractivity contribution in [3.8, 4) is 17.2 Å². The Morgan fingerprint density at radius 1 is 1.00 bits per heavy atom. The highest BCUT2D eigenvalue weighted by molar-refractivity contribution is 6.03. The Balaban J connectivity index is 1.15. The summed E-state index contributed by atoms with van der Waals surface area (Å²) < 4.78 is 26.3. The normalized spacial score (nSPS) is 14.7. The third kappa shape index (κ3) is 6.70. The van der Waals surface area contributed by atoms with E-state index >= 15 is 0 Å². The van der Waals surface area contributed by atoms with E-state index in [1.54, 1.807) is 41.6 Å². The van der Waals surface area contributed by atoms with Crippen LogP contribution >= 0.6 is 0 Å². The summed E-state index contributed by atoms with van der Waals surface area (Å²) in [5.41, 5.74) is 0.683. The minimum Gasteiger partial charge on any atom is -0.455 e. The monoisotopic (exact) mass is 622 g/mol. The lowest BCUT2D eigenvalue weighted by molar-refractivity contribution is 0.0292. The predicted molar refractivity (Wildman–Crippen MR) is 169 cm³/mol. The Hall–Kier alpha value is -5.65. The van der Waals surface area contributed by atoms with E-state index in [1.165, 1.54) is 47.3 Å². The molecule has 1 aromatic carbocycles. The molecule has 1 unspecified atom stereocenters. The number of benzene rings is 1. The Morgan fingerprint density at radius 2 is 1.80 bits per heavy atom. The number of hydrogen-bond donors (Lipinski definition) is 1. The molecule has 1 fully saturated rings. The average Bonchev–Trinajstić information content (AvgIpc) is 3.53. The van der Waals surface area contributed by atoms with Gasteiger partial charge in [0.25, 0.3) is 11.5 Å². The molecule has 6 rings (SSSR count). The molecule has 0 spiro atoms. The summed E-state index contributed by atoms with van der Waals surface area (Å²) in [6.07, 6.45) is 6.71. The van der Waals surface area contributed by atoms with E-state index in [4.69, 9.17) is 9.47 Å². The van der Waals surface area contributed by atoms with E-state index in [0.717, 1.165) is 17.5 Å². The maximum absolute atomic E-state index is 13.3. The summed E-state index contributed by atoms with van der Waals surface area (Å²) in [6.45, 7) is 6.62. The fourth-order valence-electron chi connectivity index (χ4n) is 5.14. The zero-order valence-electron chi connectivity index (χ0n) is 25.4. The van der Waals surface area contributed by atoms with Gasteiger partial charge in [-0.2, -0.15) is 0 Å². The number of anilines is 1. The van der Waals surface area contributed by atoms with Crippen molar-refractivity contribution in [2.24, 2.45) is 0 Å². The molecule has 12 heteroatoms. The van der Waals surface area contributed by atoms with Crippen LogP contribution in [0.3, 0.4) is 0 Å². The van der Waals surface area contributed by atoms with Gasteiger partial charge < -0.3 is 19.7 Å². The van der Waals surface area contributed by atoms with Crippen molar-refractivity contribution in [2.75, 3.05) is 18.4 Å². The highest BCUT2D eigenvalue weighted by Crippen LogP contribution is 2.33. The van der Waals surface area contributed by atoms with E-state index in [2.05, 4.69) is 20.3 Å². The lowest BCUT2D eigenvalue weighted by Gasteiger charge is -2.24. The summed E-state index contributed by atoms with van der Waals surface area (Å²) >= 11 is 0. The first kappa shape index (κ1) is 30.4. The molecule has 5 aromatic rings. The molecule has 1 N–H and O–H groups in total. The molecule has 11 nitrogen and oxygen atoms in total. The molecule has 234 valence electrons. The Bertz CT molecular complexity index is 1970. The second kappa shape index (κ2) is 12.4. The van der Waals surface area contributed by atoms with Gasteiger partial charge in [0.05, 0.1) is 17.9 Å². The number of nitrogens with one attached hydrogen (secondary N) is 1. The summed E-state index contributed by atoms with van der Waals surface area (Å²) in [5, 5.41) is 3.39. The van der Waals surface area contributed by atoms with Gasteiger partial charge in [-0.1, -0.05) is 0 Å². The Labute approximate surface area is 263 Å². The molecule has 0 aliphatic carbocycles. The minimum absolute atomic E-state index is 0.0407. The van der Waals surface area contributed by atoms with Crippen LogP contribution in [0.1, 0.15) is 49.2 Å². The van der Waals surface area contributed by atoms with E-state index in [1.807, 2.05) is 26.8 Å². The number of nitrogens with zero attached hydrogens (tertiary/aromatic N) is 5. The van der Waals surface area contributed by atoms with Gasteiger partial charge in [-0.15, -0.1) is 0 Å². The fourth-order valence-corrected chi connectivity index (χ4v) is 5.14. The van der Waals surface area contributed by atoms with Crippen LogP contribution in [0.25, 0.3) is 16.6 Å². The molecular weight excluding hydrogens is 591 g/mol. The highest BCUT2D eigenvalue weighted by Gasteiger charge is 2.31. The zero-order valence-corrected chi connectivity index (χ0v) is 25.4. The van der Waals surface area contributed by atoms with Crippen molar-refractivity contribution in [1.29, 1.82) is 0 Å². The van der Waals surface area contributed by atoms with Gasteiger partial charge >= 0.3 is 6.09 Å². The zero-order chi connectivity index (χ0) is 32.4. The first-order chi connectivity index (χ1) is 22.0. The molecule has 4 aromatic heterocycles. The van der Waals surface area contributed by atoms with Crippen molar-refractivity contribution >= 4 is 28.7 Å². The molecule has 1 aliphatic heterocycles. The molecular formula is C34H31FN6O5. The van der Waals surface area contributed by atoms with Gasteiger partial charge in [0.2, 0.25) is 0 Å². The molecule has 0 radical (unpaired) electrons. The maximum atomic E-state index is 13.3. The molecule has 1 atom stereocenters. The Kier molecular flexibility index (Phi) is 8.18. The van der Waals surface area contributed by atoms with Crippen molar-refractivity contribution in [2.45, 2.75) is 38.7 Å². The largest absolute Gasteiger partial charge is 0.455 e. The van der Waals surface area contributed by atoms with E-state index in [0.29, 0.717) is 35.8 Å². The van der Waals surface area contributed by atoms with Gasteiger partial charge in [0, 0.05) is 48.2 Å². The van der Waals surface area contributed by atoms with Gasteiger partial charge in [-0.3, -0.25) is 24.1 Å². The van der Waals surface area contributed by atoms with Crippen molar-refractivity contribution in [3.05, 3.63) is 113 Å². The lowest BCUT2D eigenvalue weighted by Crippen LogP contribution is -2.35. The van der Waals surface area contributed by atoms with Crippen LogP contribution in [0.2, 0.25) is 0 Å². The van der Waals surface area contributed by atoms with Crippen LogP contribution in [0, 0.1) is 5.82 Å². The quantitative estimate of drug-likeness (QED) is 0.241. The number of aromatic nitrogens is 4. The summed E-state index contributed by atoms with van der Waals surface area (Å²) in [7, 11) is 0. The third-order valence-corrected chi connectivity index (χ3v) is 7.37. The lowest BCUT2D eigenvalue weighted by atomic mass is 10.0. The minimum atomic E-state index is -0.639. The molecule has 2 amide bonds. The molecule has 46 heavy (non-hydrogen) atoms. The molecule has 5 heterocycles. The number of rotatable bonds is 6. The number of carbonyl (C=O) groups excluding carboxylic acids is 2. The third-order valence-electron chi connectivity index (χ3n) is 7.37. The molecule has 0 saturated carbocycles. The van der Waals surface area contributed by atoms with Gasteiger partial charge in [-0.25, -0.2) is 14.2 Å². The summed E-state index contributed by atoms with van der Waals surface area (Å²) in [4.78, 5) is 53.5. The molecule has 0 bridgehead atoms. The van der Waals surface area contributed by atoms with E-state index in [-0.39, 0.29) is 23.4 Å². The number of halogens is 1. The van der Waals surface area contributed by atoms with Crippen LogP contribution < -0.4 is 15.6 Å². The van der Waals surface area contributed by atoms with Crippen LogP contribution in [-0.2, 0) is 4.74 Å². The number of pyridine rings is 4. The van der Waals surface area contributed by atoms with E-state index < -0.39 is 22.9 Å². The molecule has 1 saturated heterocycles. The summed E-state index contributed by atoms with van der Waals surface area (Å²) in [5.74, 6) is 0.147. The smallest absolute Gasteiger partial charge is 0.410 e. The van der Waals surface area contributed by atoms with Crippen molar-refractivity contribution < 1.29 is 23.5 Å². The van der Waals surface area contributed by atoms with Crippen LogP contribution in [0.5, 0.6) is 11.5 Å². The number of fused-ring (bicyclic) bond motifs is 1. The predicted octanol–water partition coefficient (Wildman–Crippen LogP) is 6.08. The summed E-state index contributed by atoms with van der Waals surface area (Å²) in [6, 6.07) is 15.2. The standard InChI is InChI=1S/C34H31FN6O5/c1-34(2,3)46-33(44)40-16-13-21(20-40)27-17-26-28(19-37-27)36-14-12-29(26)45-24-10-11-30(38-18-24)39-31(42)25-5-4-15-41(32(25)43)23-8-6-22(35)7-9-23/h4-12,14-15,17-19,21H,13,16,20H2,1-3H3,(H,38,39,42). The van der Waals surface area contributed by atoms with Crippen molar-refractivity contribution in [1.82, 2.24) is 24.4 Å². The molecule has 1 aliphatic rings. The number of likely N-dealkylation sites (tertiary alicyclic amines) is 1. The van der Waals surface area contributed by atoms with Crippen LogP contribution in [-0.4, -0.2) is 55.1 Å². The van der Waals surface area contributed by atoms with Crippen LogP contribution in [0.4, 0.5) is 15.0 Å². The fraction of sp³-hybridized carbons (Fsp3) is 0.235. The van der Waals surface area contributed by atoms with Gasteiger partial charge in [-0.05, 0) is 87.9 Å². The number of ether oxygens (including phenoxy) is 2. The van der Waals surface area contributed by atoms with E-state index in [9.17, 15) is 18.8 Å². The second-order valence-electron chi connectivity index (χ2n) is 11.9. The second-order valence-corrected chi connectivity index (χ2v) is 11.9. The van der Waals surface area contributed by atoms with Gasteiger partial charge in [0.1, 0.15) is 34.3 Å². The first-order valence-corrected chi connectivity index (χ1v) is 14.7. The first-order valence-electron chi connectivity index (χ1n) is 14.7. The van der Waals surface area contributed by atoms with Gasteiger partial charge in [0.15, 0.2) is 0 Å². The topological polar surface area (TPSA) is 129 Å². The van der Waals surface area contributed by atoms with Crippen LogP contribution in [0.15, 0.2) is 90.2 Å². The number of amides is 2. The Morgan fingerprint density at radius 3 is 2.54 bits per heavy atom. The maximum Gasteiger partial charge on any atom is 0.410 e.